The van der Waals surface area contributed by atoms with E-state index in [2.05, 4.69) is 0 Å². The number of rotatable bonds is 2. The summed E-state index contributed by atoms with van der Waals surface area (Å²) in [6.45, 7) is 2.17. The van der Waals surface area contributed by atoms with Gasteiger partial charge in [0, 0.05) is 12.6 Å². The predicted octanol–water partition coefficient (Wildman–Crippen LogP) is 1.09. The average molecular weight is 168 g/mol. The first-order valence-corrected chi connectivity index (χ1v) is 3.86. The van der Waals surface area contributed by atoms with Gasteiger partial charge in [0.1, 0.15) is 5.82 Å². The lowest BCUT2D eigenvalue weighted by atomic mass is 10.1. The highest BCUT2D eigenvalue weighted by Gasteiger charge is 2.04. The third kappa shape index (κ3) is 2.03. The molecule has 0 aliphatic carbocycles. The Balaban J connectivity index is 3.00. The average Bonchev–Trinajstić information content (AvgIpc) is 2.01. The van der Waals surface area contributed by atoms with Crippen LogP contribution in [0.3, 0.4) is 0 Å². The topological polar surface area (TPSA) is 52.0 Å². The van der Waals surface area contributed by atoms with Crippen molar-refractivity contribution < 1.29 is 4.39 Å². The SMILES string of the molecule is Cc1cc(F)cc(C(N)CN)c1. The van der Waals surface area contributed by atoms with Crippen molar-refractivity contribution in [2.45, 2.75) is 13.0 Å². The van der Waals surface area contributed by atoms with Gasteiger partial charge in [-0.2, -0.15) is 0 Å². The molecular formula is C9H13FN2. The van der Waals surface area contributed by atoms with Gasteiger partial charge >= 0.3 is 0 Å². The molecule has 0 aromatic heterocycles. The van der Waals surface area contributed by atoms with Gasteiger partial charge in [0.05, 0.1) is 0 Å². The summed E-state index contributed by atoms with van der Waals surface area (Å²) >= 11 is 0. The molecule has 66 valence electrons. The molecule has 1 aromatic rings. The molecule has 0 heterocycles. The quantitative estimate of drug-likeness (QED) is 0.694. The Morgan fingerprint density at radius 2 is 2.08 bits per heavy atom. The largest absolute Gasteiger partial charge is 0.329 e. The summed E-state index contributed by atoms with van der Waals surface area (Å²) in [6, 6.07) is 4.47. The predicted molar refractivity (Wildman–Crippen MR) is 47.1 cm³/mol. The molecule has 0 amide bonds. The number of hydrogen-bond acceptors (Lipinski definition) is 2. The van der Waals surface area contributed by atoms with Gasteiger partial charge in [0.25, 0.3) is 0 Å². The van der Waals surface area contributed by atoms with Gasteiger partial charge in [-0.3, -0.25) is 0 Å². The summed E-state index contributed by atoms with van der Waals surface area (Å²) in [5, 5.41) is 0. The zero-order valence-corrected chi connectivity index (χ0v) is 7.05. The Hall–Kier alpha value is -0.930. The van der Waals surface area contributed by atoms with E-state index in [0.29, 0.717) is 6.54 Å². The van der Waals surface area contributed by atoms with Gasteiger partial charge in [-0.25, -0.2) is 4.39 Å². The third-order valence-electron chi connectivity index (χ3n) is 1.75. The second-order valence-electron chi connectivity index (χ2n) is 2.90. The van der Waals surface area contributed by atoms with Crippen LogP contribution in [0.5, 0.6) is 0 Å². The summed E-state index contributed by atoms with van der Waals surface area (Å²) in [6.07, 6.45) is 0. The maximum Gasteiger partial charge on any atom is 0.123 e. The minimum Gasteiger partial charge on any atom is -0.329 e. The van der Waals surface area contributed by atoms with Crippen molar-refractivity contribution in [3.05, 3.63) is 35.1 Å². The van der Waals surface area contributed by atoms with E-state index in [1.54, 1.807) is 0 Å². The van der Waals surface area contributed by atoms with Crippen LogP contribution in [0.15, 0.2) is 18.2 Å². The van der Waals surface area contributed by atoms with Gasteiger partial charge in [0.2, 0.25) is 0 Å². The van der Waals surface area contributed by atoms with E-state index >= 15 is 0 Å². The maximum atomic E-state index is 12.8. The lowest BCUT2D eigenvalue weighted by Gasteiger charge is -2.09. The molecule has 1 unspecified atom stereocenters. The van der Waals surface area contributed by atoms with E-state index in [9.17, 15) is 4.39 Å². The van der Waals surface area contributed by atoms with Crippen LogP contribution in [-0.4, -0.2) is 6.54 Å². The van der Waals surface area contributed by atoms with Crippen LogP contribution >= 0.6 is 0 Å². The molecule has 2 nitrogen and oxygen atoms in total. The normalized spacial score (nSPS) is 13.0. The number of hydrogen-bond donors (Lipinski definition) is 2. The molecule has 1 rings (SSSR count). The van der Waals surface area contributed by atoms with E-state index in [-0.39, 0.29) is 11.9 Å². The van der Waals surface area contributed by atoms with Crippen molar-refractivity contribution in [1.82, 2.24) is 0 Å². The fraction of sp³-hybridized carbons (Fsp3) is 0.333. The first-order valence-electron chi connectivity index (χ1n) is 3.86. The summed E-state index contributed by atoms with van der Waals surface area (Å²) in [7, 11) is 0. The minimum atomic E-state index is -0.264. The lowest BCUT2D eigenvalue weighted by Crippen LogP contribution is -2.20. The molecule has 0 spiro atoms. The van der Waals surface area contributed by atoms with Crippen molar-refractivity contribution in [3.8, 4) is 0 Å². The number of aryl methyl sites for hydroxylation is 1. The molecule has 0 saturated heterocycles. The fourth-order valence-corrected chi connectivity index (χ4v) is 1.11. The van der Waals surface area contributed by atoms with Gasteiger partial charge < -0.3 is 11.5 Å². The number of halogens is 1. The van der Waals surface area contributed by atoms with E-state index in [1.807, 2.05) is 13.0 Å². The highest BCUT2D eigenvalue weighted by atomic mass is 19.1. The third-order valence-corrected chi connectivity index (χ3v) is 1.75. The molecule has 0 aliphatic rings. The van der Waals surface area contributed by atoms with E-state index in [0.717, 1.165) is 11.1 Å². The fourth-order valence-electron chi connectivity index (χ4n) is 1.11. The molecule has 0 bridgehead atoms. The van der Waals surface area contributed by atoms with Crippen LogP contribution in [0.1, 0.15) is 17.2 Å². The van der Waals surface area contributed by atoms with Crippen LogP contribution in [0.2, 0.25) is 0 Å². The first kappa shape index (κ1) is 9.16. The number of nitrogens with two attached hydrogens (primary N) is 2. The number of benzene rings is 1. The van der Waals surface area contributed by atoms with Crippen LogP contribution < -0.4 is 11.5 Å². The molecule has 4 N–H and O–H groups in total. The summed E-state index contributed by atoms with van der Waals surface area (Å²) < 4.78 is 12.8. The van der Waals surface area contributed by atoms with Crippen LogP contribution in [-0.2, 0) is 0 Å². The Bertz CT molecular complexity index is 253. The van der Waals surface area contributed by atoms with Crippen molar-refractivity contribution >= 4 is 0 Å². The molecule has 3 heteroatoms. The molecule has 0 fully saturated rings. The minimum absolute atomic E-state index is 0.256. The van der Waals surface area contributed by atoms with Gasteiger partial charge in [-0.1, -0.05) is 6.07 Å². The lowest BCUT2D eigenvalue weighted by molar-refractivity contribution is 0.618. The standard InChI is InChI=1S/C9H13FN2/c1-6-2-7(9(12)5-11)4-8(10)3-6/h2-4,9H,5,11-12H2,1H3. The molecule has 0 radical (unpaired) electrons. The van der Waals surface area contributed by atoms with E-state index < -0.39 is 0 Å². The molecule has 0 aliphatic heterocycles. The van der Waals surface area contributed by atoms with Gasteiger partial charge in [0.15, 0.2) is 0 Å². The first-order chi connectivity index (χ1) is 5.63. The Labute approximate surface area is 71.4 Å². The molecule has 0 saturated carbocycles. The highest BCUT2D eigenvalue weighted by molar-refractivity contribution is 5.26. The van der Waals surface area contributed by atoms with Crippen LogP contribution in [0.4, 0.5) is 4.39 Å². The monoisotopic (exact) mass is 168 g/mol. The second kappa shape index (κ2) is 3.65. The molecule has 1 aromatic carbocycles. The zero-order chi connectivity index (χ0) is 9.14. The summed E-state index contributed by atoms with van der Waals surface area (Å²) in [5.74, 6) is -0.256. The van der Waals surface area contributed by atoms with Crippen LogP contribution in [0, 0.1) is 12.7 Å². The summed E-state index contributed by atoms with van der Waals surface area (Å²) in [4.78, 5) is 0. The Kier molecular flexibility index (Phi) is 2.78. The van der Waals surface area contributed by atoms with Crippen molar-refractivity contribution in [2.75, 3.05) is 6.54 Å². The smallest absolute Gasteiger partial charge is 0.123 e. The van der Waals surface area contributed by atoms with Crippen molar-refractivity contribution in [3.63, 3.8) is 0 Å². The van der Waals surface area contributed by atoms with Crippen molar-refractivity contribution in [2.24, 2.45) is 11.5 Å². The second-order valence-corrected chi connectivity index (χ2v) is 2.90. The highest BCUT2D eigenvalue weighted by Crippen LogP contribution is 2.13. The van der Waals surface area contributed by atoms with Crippen LogP contribution in [0.25, 0.3) is 0 Å². The molecular weight excluding hydrogens is 155 g/mol. The maximum absolute atomic E-state index is 12.8. The Morgan fingerprint density at radius 1 is 1.42 bits per heavy atom. The van der Waals surface area contributed by atoms with Crippen molar-refractivity contribution in [1.29, 1.82) is 0 Å². The summed E-state index contributed by atoms with van der Waals surface area (Å²) in [5.41, 5.74) is 12.6. The molecule has 12 heavy (non-hydrogen) atoms. The van der Waals surface area contributed by atoms with Gasteiger partial charge in [-0.15, -0.1) is 0 Å². The zero-order valence-electron chi connectivity index (χ0n) is 7.05. The van der Waals surface area contributed by atoms with Gasteiger partial charge in [-0.05, 0) is 30.2 Å². The van der Waals surface area contributed by atoms with E-state index in [1.165, 1.54) is 12.1 Å². The molecule has 1 atom stereocenters. The van der Waals surface area contributed by atoms with E-state index in [4.69, 9.17) is 11.5 Å². The Morgan fingerprint density at radius 3 is 2.58 bits per heavy atom.